The Morgan fingerprint density at radius 1 is 1.18 bits per heavy atom. The lowest BCUT2D eigenvalue weighted by molar-refractivity contribution is -0.122. The van der Waals surface area contributed by atoms with Crippen molar-refractivity contribution in [3.05, 3.63) is 53.3 Å². The van der Waals surface area contributed by atoms with Crippen LogP contribution in [-0.2, 0) is 4.79 Å². The zero-order chi connectivity index (χ0) is 23.8. The van der Waals surface area contributed by atoms with Crippen molar-refractivity contribution in [3.63, 3.8) is 0 Å². The number of benzene rings is 1. The molecule has 1 aliphatic rings. The van der Waals surface area contributed by atoms with E-state index in [1.165, 1.54) is 0 Å². The van der Waals surface area contributed by atoms with Gasteiger partial charge in [0.25, 0.3) is 5.91 Å². The lowest BCUT2D eigenvalue weighted by Gasteiger charge is -2.38. The van der Waals surface area contributed by atoms with Crippen LogP contribution in [0.1, 0.15) is 56.8 Å². The predicted octanol–water partition coefficient (Wildman–Crippen LogP) is 4.53. The van der Waals surface area contributed by atoms with Crippen LogP contribution in [0.15, 0.2) is 42.7 Å². The minimum Gasteiger partial charge on any atom is -0.492 e. The fourth-order valence-electron chi connectivity index (χ4n) is 3.62. The highest BCUT2D eigenvalue weighted by Gasteiger charge is 2.30. The maximum Gasteiger partial charge on any atom is 0.254 e. The average Bonchev–Trinajstić information content (AvgIpc) is 2.71. The summed E-state index contributed by atoms with van der Waals surface area (Å²) in [5.41, 5.74) is 1.14. The van der Waals surface area contributed by atoms with E-state index in [1.807, 2.05) is 37.8 Å². The van der Waals surface area contributed by atoms with Crippen molar-refractivity contribution >= 4 is 29.1 Å². The summed E-state index contributed by atoms with van der Waals surface area (Å²) in [6.45, 7) is 7.22. The Kier molecular flexibility index (Phi) is 8.55. The first-order chi connectivity index (χ1) is 15.7. The maximum atomic E-state index is 13.4. The number of anilines is 1. The first-order valence-corrected chi connectivity index (χ1v) is 11.8. The van der Waals surface area contributed by atoms with Gasteiger partial charge in [0.15, 0.2) is 0 Å². The molecule has 0 aliphatic heterocycles. The van der Waals surface area contributed by atoms with Crippen molar-refractivity contribution in [2.75, 3.05) is 25.0 Å². The molecule has 2 N–H and O–H groups in total. The van der Waals surface area contributed by atoms with E-state index in [1.54, 1.807) is 30.6 Å². The zero-order valence-electron chi connectivity index (χ0n) is 19.6. The average molecular weight is 473 g/mol. The lowest BCUT2D eigenvalue weighted by atomic mass is 9.90. The van der Waals surface area contributed by atoms with Gasteiger partial charge in [-0.3, -0.25) is 14.6 Å². The molecule has 8 heteroatoms. The molecule has 0 saturated heterocycles. The zero-order valence-corrected chi connectivity index (χ0v) is 20.3. The Morgan fingerprint density at radius 3 is 2.55 bits per heavy atom. The monoisotopic (exact) mass is 472 g/mol. The third kappa shape index (κ3) is 7.93. The summed E-state index contributed by atoms with van der Waals surface area (Å²) < 4.78 is 5.84. The molecule has 1 aromatic carbocycles. The van der Waals surface area contributed by atoms with Crippen LogP contribution in [-0.4, -0.2) is 53.0 Å². The summed E-state index contributed by atoms with van der Waals surface area (Å²) in [4.78, 5) is 31.5. The molecule has 0 unspecified atom stereocenters. The van der Waals surface area contributed by atoms with E-state index < -0.39 is 0 Å². The van der Waals surface area contributed by atoms with Crippen molar-refractivity contribution < 1.29 is 14.3 Å². The number of carbonyl (C=O) groups is 2. The second-order valence-corrected chi connectivity index (χ2v) is 9.75. The van der Waals surface area contributed by atoms with Crippen LogP contribution in [0.4, 0.5) is 5.69 Å². The highest BCUT2D eigenvalue weighted by molar-refractivity contribution is 6.31. The van der Waals surface area contributed by atoms with Gasteiger partial charge in [0.05, 0.1) is 0 Å². The lowest BCUT2D eigenvalue weighted by Crippen LogP contribution is -2.47. The molecule has 1 heterocycles. The highest BCUT2D eigenvalue weighted by Crippen LogP contribution is 2.28. The second kappa shape index (κ2) is 11.4. The molecule has 2 aromatic rings. The third-order valence-electron chi connectivity index (χ3n) is 5.37. The van der Waals surface area contributed by atoms with Gasteiger partial charge in [-0.05, 0) is 70.4 Å². The van der Waals surface area contributed by atoms with Crippen molar-refractivity contribution in [3.8, 4) is 5.75 Å². The predicted molar refractivity (Wildman–Crippen MR) is 131 cm³/mol. The van der Waals surface area contributed by atoms with Gasteiger partial charge < -0.3 is 20.3 Å². The van der Waals surface area contributed by atoms with Gasteiger partial charge in [0, 0.05) is 59.8 Å². The molecule has 0 atom stereocenters. The number of nitrogens with one attached hydrogen (secondary N) is 2. The molecular weight excluding hydrogens is 440 g/mol. The van der Waals surface area contributed by atoms with E-state index >= 15 is 0 Å². The molecular formula is C25H33ClN4O3. The Bertz CT molecular complexity index is 942. The largest absolute Gasteiger partial charge is 0.492 e. The molecule has 1 fully saturated rings. The molecule has 7 nitrogen and oxygen atoms in total. The Labute approximate surface area is 200 Å². The fourth-order valence-corrected chi connectivity index (χ4v) is 3.85. The first-order valence-electron chi connectivity index (χ1n) is 11.4. The fraction of sp³-hybridized carbons (Fsp3) is 0.480. The summed E-state index contributed by atoms with van der Waals surface area (Å²) >= 11 is 6.30. The smallest absolute Gasteiger partial charge is 0.254 e. The van der Waals surface area contributed by atoms with Gasteiger partial charge in [-0.1, -0.05) is 11.6 Å². The summed E-state index contributed by atoms with van der Waals surface area (Å²) in [5, 5.41) is 6.65. The number of carbonyl (C=O) groups excluding carboxylic acids is 2. The highest BCUT2D eigenvalue weighted by atomic mass is 35.5. The van der Waals surface area contributed by atoms with Crippen LogP contribution in [0.2, 0.25) is 5.02 Å². The molecule has 3 rings (SSSR count). The number of rotatable bonds is 10. The van der Waals surface area contributed by atoms with Gasteiger partial charge in [-0.25, -0.2) is 0 Å². The number of nitrogens with zero attached hydrogens (tertiary/aromatic N) is 2. The van der Waals surface area contributed by atoms with Gasteiger partial charge >= 0.3 is 0 Å². The van der Waals surface area contributed by atoms with Gasteiger partial charge in [-0.15, -0.1) is 0 Å². The third-order valence-corrected chi connectivity index (χ3v) is 5.59. The number of amides is 2. The summed E-state index contributed by atoms with van der Waals surface area (Å²) in [6.07, 6.45) is 6.72. The van der Waals surface area contributed by atoms with Crippen molar-refractivity contribution in [1.82, 2.24) is 15.2 Å². The number of pyridine rings is 1. The maximum absolute atomic E-state index is 13.4. The minimum atomic E-state index is -0.298. The molecule has 178 valence electrons. The van der Waals surface area contributed by atoms with E-state index in [2.05, 4.69) is 15.6 Å². The van der Waals surface area contributed by atoms with Crippen molar-refractivity contribution in [2.45, 2.75) is 58.0 Å². The number of aromatic nitrogens is 1. The number of ether oxygens (including phenoxy) is 1. The van der Waals surface area contributed by atoms with Crippen LogP contribution in [0.5, 0.6) is 5.75 Å². The molecule has 0 bridgehead atoms. The number of hydrogen-bond acceptors (Lipinski definition) is 5. The molecule has 2 amide bonds. The summed E-state index contributed by atoms with van der Waals surface area (Å²) in [7, 11) is 0. The van der Waals surface area contributed by atoms with Crippen molar-refractivity contribution in [1.29, 1.82) is 0 Å². The van der Waals surface area contributed by atoms with Crippen LogP contribution in [0.3, 0.4) is 0 Å². The quantitative estimate of drug-likeness (QED) is 0.496. The summed E-state index contributed by atoms with van der Waals surface area (Å²) in [6, 6.07) is 9.01. The first kappa shape index (κ1) is 24.8. The van der Waals surface area contributed by atoms with E-state index in [0.717, 1.165) is 24.9 Å². The van der Waals surface area contributed by atoms with Crippen LogP contribution < -0.4 is 15.4 Å². The summed E-state index contributed by atoms with van der Waals surface area (Å²) in [5.74, 6) is 0.364. The Hall–Kier alpha value is -2.80. The molecule has 1 saturated carbocycles. The molecule has 0 spiro atoms. The standard InChI is InChI=1S/C25H33ClN4O3/c1-25(2,3)29-23(31)9-13-30(21-5-4-6-21)24(32)18-15-19(26)17-22(16-18)33-14-12-28-20-7-10-27-11-8-20/h7-8,10-11,15-17,21H,4-6,9,12-14H2,1-3H3,(H,27,28)(H,29,31). The van der Waals surface area contributed by atoms with E-state index in [-0.39, 0.29) is 29.8 Å². The SMILES string of the molecule is CC(C)(C)NC(=O)CCN(C(=O)c1cc(Cl)cc(OCCNc2ccncc2)c1)C1CCC1. The normalized spacial score (nSPS) is 13.7. The molecule has 1 aromatic heterocycles. The second-order valence-electron chi connectivity index (χ2n) is 9.32. The van der Waals surface area contributed by atoms with Crippen LogP contribution in [0.25, 0.3) is 0 Å². The van der Waals surface area contributed by atoms with E-state index in [4.69, 9.17) is 16.3 Å². The molecule has 1 aliphatic carbocycles. The minimum absolute atomic E-state index is 0.0589. The Balaban J connectivity index is 1.61. The van der Waals surface area contributed by atoms with Gasteiger partial charge in [0.1, 0.15) is 12.4 Å². The van der Waals surface area contributed by atoms with E-state index in [0.29, 0.717) is 36.0 Å². The number of hydrogen-bond donors (Lipinski definition) is 2. The number of halogens is 1. The van der Waals surface area contributed by atoms with Crippen LogP contribution in [0, 0.1) is 0 Å². The van der Waals surface area contributed by atoms with Gasteiger partial charge in [-0.2, -0.15) is 0 Å². The van der Waals surface area contributed by atoms with Crippen molar-refractivity contribution in [2.24, 2.45) is 0 Å². The van der Waals surface area contributed by atoms with E-state index in [9.17, 15) is 9.59 Å². The Morgan fingerprint density at radius 2 is 1.91 bits per heavy atom. The molecule has 33 heavy (non-hydrogen) atoms. The topological polar surface area (TPSA) is 83.6 Å². The van der Waals surface area contributed by atoms with Crippen LogP contribution >= 0.6 is 11.6 Å². The van der Waals surface area contributed by atoms with Gasteiger partial charge in [0.2, 0.25) is 5.91 Å². The molecule has 0 radical (unpaired) electrons.